The van der Waals surface area contributed by atoms with Gasteiger partial charge in [-0.25, -0.2) is 4.39 Å². The Kier molecular flexibility index (Phi) is 4.91. The monoisotopic (exact) mass is 367 g/mol. The lowest BCUT2D eigenvalue weighted by Crippen LogP contribution is -2.28. The summed E-state index contributed by atoms with van der Waals surface area (Å²) >= 11 is 3.49. The van der Waals surface area contributed by atoms with Gasteiger partial charge in [-0.1, -0.05) is 15.9 Å². The molecule has 1 saturated carbocycles. The van der Waals surface area contributed by atoms with Crippen molar-refractivity contribution in [2.75, 3.05) is 6.54 Å². The molecule has 1 aromatic carbocycles. The highest BCUT2D eigenvalue weighted by Gasteiger charge is 2.34. The van der Waals surface area contributed by atoms with Crippen molar-refractivity contribution >= 4 is 21.8 Å². The van der Waals surface area contributed by atoms with Crippen LogP contribution in [0.3, 0.4) is 0 Å². The second kappa shape index (κ2) is 6.34. The van der Waals surface area contributed by atoms with Crippen molar-refractivity contribution in [1.82, 2.24) is 5.32 Å². The first-order valence-corrected chi connectivity index (χ1v) is 7.48. The molecule has 1 aromatic rings. The topological polar surface area (TPSA) is 29.1 Å². The Morgan fingerprint density at radius 2 is 2.05 bits per heavy atom. The van der Waals surface area contributed by atoms with Crippen LogP contribution in [0.5, 0.6) is 0 Å². The number of carbonyl (C=O) groups is 1. The molecule has 0 aliphatic heterocycles. The number of hydrogen-bond donors (Lipinski definition) is 1. The lowest BCUT2D eigenvalue weighted by atomic mass is 10.1. The van der Waals surface area contributed by atoms with Gasteiger partial charge < -0.3 is 5.32 Å². The maximum atomic E-state index is 13.1. The van der Waals surface area contributed by atoms with Gasteiger partial charge in [-0.15, -0.1) is 0 Å². The van der Waals surface area contributed by atoms with Crippen molar-refractivity contribution in [2.45, 2.75) is 30.3 Å². The quantitative estimate of drug-likeness (QED) is 0.631. The first-order valence-electron chi connectivity index (χ1n) is 6.56. The van der Waals surface area contributed by atoms with Crippen molar-refractivity contribution in [3.8, 4) is 0 Å². The van der Waals surface area contributed by atoms with Crippen LogP contribution in [0.25, 0.3) is 0 Å². The average molecular weight is 368 g/mol. The van der Waals surface area contributed by atoms with Crippen molar-refractivity contribution < 1.29 is 22.4 Å². The molecule has 0 heterocycles. The smallest absolute Gasteiger partial charge is 0.352 e. The summed E-state index contributed by atoms with van der Waals surface area (Å²) in [5.41, 5.74) is -1.60. The molecule has 21 heavy (non-hydrogen) atoms. The molecule has 0 bridgehead atoms. The summed E-state index contributed by atoms with van der Waals surface area (Å²) in [5, 5.41) is 2.61. The van der Waals surface area contributed by atoms with E-state index < -0.39 is 23.5 Å². The van der Waals surface area contributed by atoms with Crippen LogP contribution in [0.15, 0.2) is 18.2 Å². The molecule has 1 amide bonds. The molecule has 2 nitrogen and oxygen atoms in total. The molecule has 1 N–H and O–H groups in total. The SMILES string of the molecule is O=C(NCC1CCC(Br)C1)c1ccc(F)c(C(F)(F)F)c1. The van der Waals surface area contributed by atoms with Crippen LogP contribution in [0.1, 0.15) is 35.2 Å². The Morgan fingerprint density at radius 1 is 1.33 bits per heavy atom. The number of alkyl halides is 4. The maximum absolute atomic E-state index is 13.1. The number of carbonyl (C=O) groups excluding carboxylic acids is 1. The Labute approximate surface area is 128 Å². The van der Waals surface area contributed by atoms with Gasteiger partial charge in [0.15, 0.2) is 0 Å². The summed E-state index contributed by atoms with van der Waals surface area (Å²) in [6.45, 7) is 0.416. The Hall–Kier alpha value is -1.11. The highest BCUT2D eigenvalue weighted by atomic mass is 79.9. The second-order valence-electron chi connectivity index (χ2n) is 5.18. The summed E-state index contributed by atoms with van der Waals surface area (Å²) < 4.78 is 50.9. The predicted octanol–water partition coefficient (Wildman–Crippen LogP) is 4.14. The van der Waals surface area contributed by atoms with Crippen molar-refractivity contribution in [3.63, 3.8) is 0 Å². The Balaban J connectivity index is 2.02. The number of rotatable bonds is 3. The van der Waals surface area contributed by atoms with Crippen LogP contribution in [0, 0.1) is 11.7 Å². The summed E-state index contributed by atoms with van der Waals surface area (Å²) in [7, 11) is 0. The fourth-order valence-electron chi connectivity index (χ4n) is 2.42. The number of hydrogen-bond acceptors (Lipinski definition) is 1. The second-order valence-corrected chi connectivity index (χ2v) is 6.47. The third-order valence-corrected chi connectivity index (χ3v) is 4.39. The largest absolute Gasteiger partial charge is 0.419 e. The van der Waals surface area contributed by atoms with E-state index in [1.165, 1.54) is 0 Å². The summed E-state index contributed by atoms with van der Waals surface area (Å²) in [5.74, 6) is -1.67. The zero-order chi connectivity index (χ0) is 15.6. The predicted molar refractivity (Wildman–Crippen MR) is 73.8 cm³/mol. The van der Waals surface area contributed by atoms with Crippen LogP contribution < -0.4 is 5.32 Å². The van der Waals surface area contributed by atoms with Gasteiger partial charge in [0.25, 0.3) is 5.91 Å². The van der Waals surface area contributed by atoms with Gasteiger partial charge in [-0.3, -0.25) is 4.79 Å². The van der Waals surface area contributed by atoms with Crippen molar-refractivity contribution in [3.05, 3.63) is 35.1 Å². The van der Waals surface area contributed by atoms with Gasteiger partial charge in [-0.05, 0) is 43.4 Å². The number of amides is 1. The lowest BCUT2D eigenvalue weighted by Gasteiger charge is -2.13. The van der Waals surface area contributed by atoms with Crippen LogP contribution >= 0.6 is 15.9 Å². The molecular formula is C14H14BrF4NO. The molecule has 0 radical (unpaired) electrons. The molecule has 2 atom stereocenters. The van der Waals surface area contributed by atoms with Gasteiger partial charge in [0.05, 0.1) is 5.56 Å². The van der Waals surface area contributed by atoms with E-state index in [1.54, 1.807) is 0 Å². The van der Waals surface area contributed by atoms with E-state index in [0.717, 1.165) is 25.3 Å². The van der Waals surface area contributed by atoms with E-state index in [0.29, 0.717) is 29.4 Å². The highest BCUT2D eigenvalue weighted by molar-refractivity contribution is 9.09. The van der Waals surface area contributed by atoms with Crippen molar-refractivity contribution in [1.29, 1.82) is 0 Å². The van der Waals surface area contributed by atoms with Gasteiger partial charge in [0.1, 0.15) is 5.82 Å². The van der Waals surface area contributed by atoms with Gasteiger partial charge in [0.2, 0.25) is 0 Å². The lowest BCUT2D eigenvalue weighted by molar-refractivity contribution is -0.140. The minimum absolute atomic E-state index is 0.183. The number of benzene rings is 1. The van der Waals surface area contributed by atoms with E-state index in [4.69, 9.17) is 0 Å². The molecular weight excluding hydrogens is 354 g/mol. The van der Waals surface area contributed by atoms with Crippen LogP contribution in [-0.2, 0) is 6.18 Å². The van der Waals surface area contributed by atoms with Gasteiger partial charge >= 0.3 is 6.18 Å². The van der Waals surface area contributed by atoms with E-state index in [-0.39, 0.29) is 5.56 Å². The molecule has 0 saturated heterocycles. The first kappa shape index (κ1) is 16.3. The van der Waals surface area contributed by atoms with E-state index in [9.17, 15) is 22.4 Å². The van der Waals surface area contributed by atoms with Crippen LogP contribution in [0.4, 0.5) is 17.6 Å². The zero-order valence-corrected chi connectivity index (χ0v) is 12.6. The Bertz CT molecular complexity index is 532. The third kappa shape index (κ3) is 4.18. The minimum Gasteiger partial charge on any atom is -0.352 e. The summed E-state index contributed by atoms with van der Waals surface area (Å²) in [6, 6.07) is 2.27. The van der Waals surface area contributed by atoms with E-state index in [1.807, 2.05) is 0 Å². The fraction of sp³-hybridized carbons (Fsp3) is 0.500. The van der Waals surface area contributed by atoms with E-state index in [2.05, 4.69) is 21.2 Å². The molecule has 0 aromatic heterocycles. The zero-order valence-electron chi connectivity index (χ0n) is 11.0. The average Bonchev–Trinajstić information content (AvgIpc) is 2.81. The van der Waals surface area contributed by atoms with Gasteiger partial charge in [-0.2, -0.15) is 13.2 Å². The maximum Gasteiger partial charge on any atom is 0.419 e. The van der Waals surface area contributed by atoms with E-state index >= 15 is 0 Å². The minimum atomic E-state index is -4.81. The molecule has 2 unspecified atom stereocenters. The van der Waals surface area contributed by atoms with Gasteiger partial charge in [0, 0.05) is 16.9 Å². The highest BCUT2D eigenvalue weighted by Crippen LogP contribution is 2.32. The molecule has 1 fully saturated rings. The molecule has 1 aliphatic carbocycles. The number of halogens is 5. The third-order valence-electron chi connectivity index (χ3n) is 3.56. The molecule has 7 heteroatoms. The Morgan fingerprint density at radius 3 is 2.62 bits per heavy atom. The fourth-order valence-corrected chi connectivity index (χ4v) is 3.22. The summed E-state index contributed by atoms with van der Waals surface area (Å²) in [4.78, 5) is 12.3. The molecule has 2 rings (SSSR count). The molecule has 116 valence electrons. The number of nitrogens with one attached hydrogen (secondary N) is 1. The van der Waals surface area contributed by atoms with Crippen LogP contribution in [-0.4, -0.2) is 17.3 Å². The normalized spacial score (nSPS) is 22.3. The van der Waals surface area contributed by atoms with Crippen LogP contribution in [0.2, 0.25) is 0 Å². The standard InChI is InChI=1S/C14H14BrF4NO/c15-10-3-1-8(5-10)7-20-13(21)9-2-4-12(16)11(6-9)14(17,18)19/h2,4,6,8,10H,1,3,5,7H2,(H,20,21). The molecule has 1 aliphatic rings. The summed E-state index contributed by atoms with van der Waals surface area (Å²) in [6.07, 6.45) is -1.89. The molecule has 0 spiro atoms. The van der Waals surface area contributed by atoms with Crippen molar-refractivity contribution in [2.24, 2.45) is 5.92 Å². The first-order chi connectivity index (χ1) is 9.77.